The van der Waals surface area contributed by atoms with Crippen LogP contribution in [-0.2, 0) is 0 Å². The summed E-state index contributed by atoms with van der Waals surface area (Å²) in [5.41, 5.74) is 7.52. The van der Waals surface area contributed by atoms with E-state index in [1.807, 2.05) is 13.0 Å². The van der Waals surface area contributed by atoms with Gasteiger partial charge in [0.1, 0.15) is 5.82 Å². The van der Waals surface area contributed by atoms with Crippen molar-refractivity contribution in [3.63, 3.8) is 0 Å². The molecule has 0 aliphatic carbocycles. The summed E-state index contributed by atoms with van der Waals surface area (Å²) < 4.78 is 0. The molecule has 0 amide bonds. The Balaban J connectivity index is 2.42. The van der Waals surface area contributed by atoms with E-state index >= 15 is 0 Å². The number of anilines is 2. The summed E-state index contributed by atoms with van der Waals surface area (Å²) in [6, 6.07) is 2.42. The maximum Gasteiger partial charge on any atom is 0.129 e. The molecule has 3 nitrogen and oxygen atoms in total. The molecule has 1 heterocycles. The first-order valence-electron chi connectivity index (χ1n) is 6.47. The molecule has 3 N–H and O–H groups in total. The number of nitrogens with two attached hydrogens (primary N) is 1. The van der Waals surface area contributed by atoms with E-state index in [2.05, 4.69) is 31.1 Å². The molecule has 0 fully saturated rings. The predicted molar refractivity (Wildman–Crippen MR) is 75.2 cm³/mol. The Morgan fingerprint density at radius 3 is 2.59 bits per heavy atom. The van der Waals surface area contributed by atoms with Gasteiger partial charge in [-0.3, -0.25) is 0 Å². The summed E-state index contributed by atoms with van der Waals surface area (Å²) in [5, 5.41) is 3.44. The number of nitrogen functional groups attached to an aromatic ring is 1. The topological polar surface area (TPSA) is 50.9 Å². The molecule has 96 valence electrons. The van der Waals surface area contributed by atoms with Crippen molar-refractivity contribution >= 4 is 11.5 Å². The Labute approximate surface area is 105 Å². The lowest BCUT2D eigenvalue weighted by Crippen LogP contribution is -2.17. The number of nitrogens with one attached hydrogen (secondary N) is 1. The summed E-state index contributed by atoms with van der Waals surface area (Å²) >= 11 is 0. The van der Waals surface area contributed by atoms with Gasteiger partial charge in [0.05, 0.1) is 11.9 Å². The average Bonchev–Trinajstić information content (AvgIpc) is 2.21. The van der Waals surface area contributed by atoms with Gasteiger partial charge in [-0.25, -0.2) is 4.98 Å². The molecule has 1 unspecified atom stereocenters. The fourth-order valence-electron chi connectivity index (χ4n) is 1.89. The molecule has 1 aromatic rings. The minimum atomic E-state index is 0.462. The SMILES string of the molecule is Cc1cc(N)cnc1NC(C)CCCC(C)C. The number of hydrogen-bond donors (Lipinski definition) is 2. The van der Waals surface area contributed by atoms with Gasteiger partial charge < -0.3 is 11.1 Å². The highest BCUT2D eigenvalue weighted by molar-refractivity contribution is 5.51. The van der Waals surface area contributed by atoms with E-state index < -0.39 is 0 Å². The summed E-state index contributed by atoms with van der Waals surface area (Å²) in [6.45, 7) is 8.78. The van der Waals surface area contributed by atoms with E-state index in [0.29, 0.717) is 6.04 Å². The molecule has 17 heavy (non-hydrogen) atoms. The second kappa shape index (κ2) is 6.48. The van der Waals surface area contributed by atoms with Crippen LogP contribution < -0.4 is 11.1 Å². The van der Waals surface area contributed by atoms with E-state index in [4.69, 9.17) is 5.73 Å². The van der Waals surface area contributed by atoms with Crippen molar-refractivity contribution in [2.75, 3.05) is 11.1 Å². The zero-order valence-electron chi connectivity index (χ0n) is 11.5. The molecule has 0 aliphatic heterocycles. The van der Waals surface area contributed by atoms with Crippen LogP contribution in [0.1, 0.15) is 45.6 Å². The van der Waals surface area contributed by atoms with Gasteiger partial charge >= 0.3 is 0 Å². The Kier molecular flexibility index (Phi) is 5.26. The Bertz CT molecular complexity index is 347. The lowest BCUT2D eigenvalue weighted by atomic mass is 10.0. The molecule has 0 saturated heterocycles. The van der Waals surface area contributed by atoms with Gasteiger partial charge in [0.15, 0.2) is 0 Å². The maximum atomic E-state index is 5.68. The van der Waals surface area contributed by atoms with Crippen LogP contribution in [0.3, 0.4) is 0 Å². The molecule has 1 aromatic heterocycles. The first-order valence-corrected chi connectivity index (χ1v) is 6.47. The van der Waals surface area contributed by atoms with Gasteiger partial charge in [0.2, 0.25) is 0 Å². The van der Waals surface area contributed by atoms with Gasteiger partial charge in [-0.1, -0.05) is 26.7 Å². The van der Waals surface area contributed by atoms with Crippen molar-refractivity contribution in [1.82, 2.24) is 4.98 Å². The molecule has 0 bridgehead atoms. The summed E-state index contributed by atoms with van der Waals surface area (Å²) in [6.07, 6.45) is 5.44. The van der Waals surface area contributed by atoms with Crippen LogP contribution in [0.25, 0.3) is 0 Å². The van der Waals surface area contributed by atoms with Crippen LogP contribution in [-0.4, -0.2) is 11.0 Å². The normalized spacial score (nSPS) is 12.8. The van der Waals surface area contributed by atoms with Gasteiger partial charge in [0, 0.05) is 6.04 Å². The molecule has 0 radical (unpaired) electrons. The van der Waals surface area contributed by atoms with Crippen molar-refractivity contribution in [1.29, 1.82) is 0 Å². The van der Waals surface area contributed by atoms with Crippen LogP contribution in [0.4, 0.5) is 11.5 Å². The summed E-state index contributed by atoms with van der Waals surface area (Å²) in [7, 11) is 0. The monoisotopic (exact) mass is 235 g/mol. The summed E-state index contributed by atoms with van der Waals surface area (Å²) in [5.74, 6) is 1.75. The molecule has 0 aromatic carbocycles. The van der Waals surface area contributed by atoms with Gasteiger partial charge in [-0.2, -0.15) is 0 Å². The van der Waals surface area contributed by atoms with E-state index in [0.717, 1.165) is 23.0 Å². The van der Waals surface area contributed by atoms with E-state index in [1.54, 1.807) is 6.20 Å². The molecule has 0 spiro atoms. The van der Waals surface area contributed by atoms with Crippen LogP contribution >= 0.6 is 0 Å². The second-order valence-electron chi connectivity index (χ2n) is 5.30. The van der Waals surface area contributed by atoms with Gasteiger partial charge in [0.25, 0.3) is 0 Å². The maximum absolute atomic E-state index is 5.68. The fourth-order valence-corrected chi connectivity index (χ4v) is 1.89. The highest BCUT2D eigenvalue weighted by Gasteiger charge is 2.06. The molecule has 1 atom stereocenters. The van der Waals surface area contributed by atoms with Crippen LogP contribution in [0.15, 0.2) is 12.3 Å². The number of rotatable bonds is 6. The first-order chi connectivity index (χ1) is 7.99. The minimum absolute atomic E-state index is 0.462. The highest BCUT2D eigenvalue weighted by atomic mass is 15.0. The standard InChI is InChI=1S/C14H25N3/c1-10(2)6-5-7-12(4)17-14-11(3)8-13(15)9-16-14/h8-10,12H,5-7,15H2,1-4H3,(H,16,17). The zero-order chi connectivity index (χ0) is 12.8. The van der Waals surface area contributed by atoms with Crippen molar-refractivity contribution < 1.29 is 0 Å². The Hall–Kier alpha value is -1.25. The molecular weight excluding hydrogens is 210 g/mol. The minimum Gasteiger partial charge on any atom is -0.397 e. The third kappa shape index (κ3) is 5.07. The number of hydrogen-bond acceptors (Lipinski definition) is 3. The van der Waals surface area contributed by atoms with E-state index in [1.165, 1.54) is 19.3 Å². The highest BCUT2D eigenvalue weighted by Crippen LogP contribution is 2.17. The van der Waals surface area contributed by atoms with Gasteiger partial charge in [-0.15, -0.1) is 0 Å². The first kappa shape index (κ1) is 13.8. The average molecular weight is 235 g/mol. The van der Waals surface area contributed by atoms with Gasteiger partial charge in [-0.05, 0) is 37.8 Å². The fraction of sp³-hybridized carbons (Fsp3) is 0.643. The number of aryl methyl sites for hydroxylation is 1. The smallest absolute Gasteiger partial charge is 0.129 e. The third-order valence-corrected chi connectivity index (χ3v) is 2.90. The lowest BCUT2D eigenvalue weighted by Gasteiger charge is -2.16. The van der Waals surface area contributed by atoms with Crippen LogP contribution in [0.5, 0.6) is 0 Å². The van der Waals surface area contributed by atoms with E-state index in [9.17, 15) is 0 Å². The molecule has 0 saturated carbocycles. The molecular formula is C14H25N3. The number of aromatic nitrogens is 1. The molecule has 3 heteroatoms. The van der Waals surface area contributed by atoms with E-state index in [-0.39, 0.29) is 0 Å². The Morgan fingerprint density at radius 1 is 1.29 bits per heavy atom. The van der Waals surface area contributed by atoms with Crippen molar-refractivity contribution in [2.24, 2.45) is 5.92 Å². The van der Waals surface area contributed by atoms with Crippen molar-refractivity contribution in [2.45, 2.75) is 53.0 Å². The molecule has 1 rings (SSSR count). The Morgan fingerprint density at radius 2 is 2.00 bits per heavy atom. The zero-order valence-corrected chi connectivity index (χ0v) is 11.5. The van der Waals surface area contributed by atoms with Crippen LogP contribution in [0.2, 0.25) is 0 Å². The number of nitrogens with zero attached hydrogens (tertiary/aromatic N) is 1. The van der Waals surface area contributed by atoms with Crippen molar-refractivity contribution in [3.8, 4) is 0 Å². The number of pyridine rings is 1. The lowest BCUT2D eigenvalue weighted by molar-refractivity contribution is 0.520. The predicted octanol–water partition coefficient (Wildman–Crippen LogP) is 3.60. The van der Waals surface area contributed by atoms with Crippen molar-refractivity contribution in [3.05, 3.63) is 17.8 Å². The molecule has 0 aliphatic rings. The van der Waals surface area contributed by atoms with Crippen LogP contribution in [0, 0.1) is 12.8 Å². The summed E-state index contributed by atoms with van der Waals surface area (Å²) in [4.78, 5) is 4.32. The second-order valence-corrected chi connectivity index (χ2v) is 5.30. The third-order valence-electron chi connectivity index (χ3n) is 2.90. The quantitative estimate of drug-likeness (QED) is 0.792. The largest absolute Gasteiger partial charge is 0.397 e.